The average molecular weight is 533 g/mol. The lowest BCUT2D eigenvalue weighted by molar-refractivity contribution is 0.305. The van der Waals surface area contributed by atoms with Gasteiger partial charge >= 0.3 is 0 Å². The van der Waals surface area contributed by atoms with Gasteiger partial charge in [-0.05, 0) is 54.1 Å². The minimum atomic E-state index is -0.323. The number of nitrogens with zero attached hydrogens (tertiary/aromatic N) is 4. The summed E-state index contributed by atoms with van der Waals surface area (Å²) in [6, 6.07) is 28.5. The van der Waals surface area contributed by atoms with Gasteiger partial charge in [-0.3, -0.25) is 4.79 Å². The van der Waals surface area contributed by atoms with Crippen molar-refractivity contribution >= 4 is 33.8 Å². The lowest BCUT2D eigenvalue weighted by atomic mass is 10.2. The largest absolute Gasteiger partial charge is 0.488 e. The minimum Gasteiger partial charge on any atom is -0.488 e. The predicted octanol–water partition coefficient (Wildman–Crippen LogP) is 6.48. The molecule has 0 bridgehead atoms. The average Bonchev–Trinajstić information content (AvgIpc) is 3.41. The standard InChI is InChI=1S/C32H25FN4O3/c1-36(2)25-16-13-23(29(18-25)39-20-21-11-14-24(33)15-12-21)19-34-37-31(30-17-22-7-3-6-10-28(22)40-30)35-27-9-5-4-8-26(27)32(37)38/h3-19H,20H2,1-2H3. The number of halogens is 1. The van der Waals surface area contributed by atoms with Gasteiger partial charge in [0.15, 0.2) is 5.76 Å². The fourth-order valence-corrected chi connectivity index (χ4v) is 4.38. The highest BCUT2D eigenvalue weighted by molar-refractivity contribution is 5.86. The zero-order valence-electron chi connectivity index (χ0n) is 21.9. The number of fused-ring (bicyclic) bond motifs is 2. The molecule has 0 fully saturated rings. The van der Waals surface area contributed by atoms with Gasteiger partial charge in [-0.1, -0.05) is 42.5 Å². The van der Waals surface area contributed by atoms with Crippen LogP contribution in [0.15, 0.2) is 111 Å². The molecule has 0 amide bonds. The van der Waals surface area contributed by atoms with Gasteiger partial charge in [0.1, 0.15) is 23.8 Å². The van der Waals surface area contributed by atoms with Crippen LogP contribution in [0.3, 0.4) is 0 Å². The third-order valence-electron chi connectivity index (χ3n) is 6.53. The smallest absolute Gasteiger partial charge is 0.282 e. The molecular weight excluding hydrogens is 507 g/mol. The molecule has 6 rings (SSSR count). The predicted molar refractivity (Wildman–Crippen MR) is 156 cm³/mol. The Morgan fingerprint density at radius 1 is 0.975 bits per heavy atom. The van der Waals surface area contributed by atoms with Crippen LogP contribution in [-0.4, -0.2) is 30.0 Å². The Kier molecular flexibility index (Phi) is 6.57. The third-order valence-corrected chi connectivity index (χ3v) is 6.53. The van der Waals surface area contributed by atoms with Gasteiger partial charge in [-0.25, -0.2) is 9.37 Å². The SMILES string of the molecule is CN(C)c1ccc(C=Nn2c(-c3cc4ccccc4o3)nc3ccccc3c2=O)c(OCc2ccc(F)cc2)c1. The summed E-state index contributed by atoms with van der Waals surface area (Å²) in [5.41, 5.74) is 3.32. The van der Waals surface area contributed by atoms with Crippen LogP contribution in [0.4, 0.5) is 10.1 Å². The van der Waals surface area contributed by atoms with Crippen LogP contribution < -0.4 is 15.2 Å². The molecule has 198 valence electrons. The lowest BCUT2D eigenvalue weighted by Crippen LogP contribution is -2.20. The van der Waals surface area contributed by atoms with Crippen LogP contribution in [0.1, 0.15) is 11.1 Å². The Hall–Kier alpha value is -5.24. The van der Waals surface area contributed by atoms with E-state index in [0.29, 0.717) is 33.6 Å². The molecule has 0 aliphatic carbocycles. The molecule has 0 unspecified atom stereocenters. The zero-order chi connectivity index (χ0) is 27.6. The van der Waals surface area contributed by atoms with Crippen LogP contribution in [-0.2, 0) is 6.61 Å². The first-order chi connectivity index (χ1) is 19.5. The maximum atomic E-state index is 13.6. The molecule has 40 heavy (non-hydrogen) atoms. The van der Waals surface area contributed by atoms with E-state index >= 15 is 0 Å². The molecule has 6 aromatic rings. The number of ether oxygens (including phenoxy) is 1. The second kappa shape index (κ2) is 10.5. The summed E-state index contributed by atoms with van der Waals surface area (Å²) in [5.74, 6) is 0.971. The Morgan fingerprint density at radius 3 is 2.55 bits per heavy atom. The normalized spacial score (nSPS) is 11.5. The molecule has 0 spiro atoms. The molecule has 0 aliphatic heterocycles. The van der Waals surface area contributed by atoms with Crippen molar-refractivity contribution in [2.45, 2.75) is 6.61 Å². The summed E-state index contributed by atoms with van der Waals surface area (Å²) in [4.78, 5) is 20.3. The number of anilines is 1. The monoisotopic (exact) mass is 532 g/mol. The van der Waals surface area contributed by atoms with Crippen molar-refractivity contribution in [3.63, 3.8) is 0 Å². The molecule has 0 aliphatic rings. The van der Waals surface area contributed by atoms with E-state index in [4.69, 9.17) is 14.1 Å². The number of rotatable bonds is 7. The number of furan rings is 1. The lowest BCUT2D eigenvalue weighted by Gasteiger charge is -2.16. The molecular formula is C32H25FN4O3. The van der Waals surface area contributed by atoms with E-state index in [0.717, 1.165) is 16.6 Å². The molecule has 0 saturated carbocycles. The Morgan fingerprint density at radius 2 is 1.75 bits per heavy atom. The van der Waals surface area contributed by atoms with Crippen molar-refractivity contribution in [2.24, 2.45) is 5.10 Å². The van der Waals surface area contributed by atoms with Gasteiger partial charge in [0.25, 0.3) is 5.56 Å². The highest BCUT2D eigenvalue weighted by Crippen LogP contribution is 2.28. The van der Waals surface area contributed by atoms with Crippen LogP contribution in [0.25, 0.3) is 33.5 Å². The van der Waals surface area contributed by atoms with E-state index < -0.39 is 0 Å². The number of benzene rings is 4. The number of hydrogen-bond donors (Lipinski definition) is 0. The van der Waals surface area contributed by atoms with Gasteiger partial charge in [0.05, 0.1) is 17.1 Å². The molecule has 8 heteroatoms. The number of para-hydroxylation sites is 2. The van der Waals surface area contributed by atoms with E-state index in [-0.39, 0.29) is 23.8 Å². The van der Waals surface area contributed by atoms with Gasteiger partial charge in [0, 0.05) is 36.8 Å². The van der Waals surface area contributed by atoms with E-state index in [1.165, 1.54) is 16.8 Å². The maximum absolute atomic E-state index is 13.6. The van der Waals surface area contributed by atoms with Crippen LogP contribution in [0.2, 0.25) is 0 Å². The first-order valence-electron chi connectivity index (χ1n) is 12.7. The molecule has 2 heterocycles. The van der Waals surface area contributed by atoms with Crippen molar-refractivity contribution in [1.29, 1.82) is 0 Å². The van der Waals surface area contributed by atoms with E-state index in [9.17, 15) is 9.18 Å². The molecule has 0 N–H and O–H groups in total. The van der Waals surface area contributed by atoms with Crippen molar-refractivity contribution in [3.8, 4) is 17.3 Å². The highest BCUT2D eigenvalue weighted by atomic mass is 19.1. The number of hydrogen-bond acceptors (Lipinski definition) is 6. The second-order valence-corrected chi connectivity index (χ2v) is 9.49. The summed E-state index contributed by atoms with van der Waals surface area (Å²) in [7, 11) is 3.87. The van der Waals surface area contributed by atoms with Crippen molar-refractivity contribution in [2.75, 3.05) is 19.0 Å². The molecule has 0 atom stereocenters. The summed E-state index contributed by atoms with van der Waals surface area (Å²) in [5, 5.41) is 5.92. The van der Waals surface area contributed by atoms with Crippen molar-refractivity contribution < 1.29 is 13.5 Å². The first kappa shape index (κ1) is 25.1. The summed E-state index contributed by atoms with van der Waals surface area (Å²) < 4.78 is 26.8. The van der Waals surface area contributed by atoms with Crippen molar-refractivity contribution in [3.05, 3.63) is 124 Å². The third kappa shape index (κ3) is 4.94. The second-order valence-electron chi connectivity index (χ2n) is 9.49. The Bertz CT molecular complexity index is 1890. The summed E-state index contributed by atoms with van der Waals surface area (Å²) in [6.45, 7) is 0.236. The van der Waals surface area contributed by atoms with Crippen LogP contribution in [0.5, 0.6) is 5.75 Å². The molecule has 7 nitrogen and oxygen atoms in total. The first-order valence-corrected chi connectivity index (χ1v) is 12.7. The van der Waals surface area contributed by atoms with Crippen LogP contribution in [0, 0.1) is 5.82 Å². The maximum Gasteiger partial charge on any atom is 0.282 e. The highest BCUT2D eigenvalue weighted by Gasteiger charge is 2.16. The molecule has 0 radical (unpaired) electrons. The van der Waals surface area contributed by atoms with Gasteiger partial charge in [-0.15, -0.1) is 0 Å². The van der Waals surface area contributed by atoms with Crippen molar-refractivity contribution in [1.82, 2.24) is 9.66 Å². The fourth-order valence-electron chi connectivity index (χ4n) is 4.38. The van der Waals surface area contributed by atoms with Gasteiger partial charge in [-0.2, -0.15) is 9.78 Å². The zero-order valence-corrected chi connectivity index (χ0v) is 21.9. The van der Waals surface area contributed by atoms with E-state index in [1.54, 1.807) is 36.5 Å². The van der Waals surface area contributed by atoms with Crippen LogP contribution >= 0.6 is 0 Å². The molecule has 2 aromatic heterocycles. The van der Waals surface area contributed by atoms with E-state index in [2.05, 4.69) is 5.10 Å². The Balaban J connectivity index is 1.44. The van der Waals surface area contributed by atoms with Gasteiger partial charge < -0.3 is 14.1 Å². The molecule has 4 aromatic carbocycles. The van der Waals surface area contributed by atoms with Gasteiger partial charge in [0.2, 0.25) is 5.82 Å². The number of aromatic nitrogens is 2. The van der Waals surface area contributed by atoms with E-state index in [1.807, 2.05) is 73.6 Å². The summed E-state index contributed by atoms with van der Waals surface area (Å²) in [6.07, 6.45) is 1.57. The summed E-state index contributed by atoms with van der Waals surface area (Å²) >= 11 is 0. The fraction of sp³-hybridized carbons (Fsp3) is 0.0938. The Labute approximate surface area is 229 Å². The molecule has 0 saturated heterocycles. The topological polar surface area (TPSA) is 72.9 Å². The minimum absolute atomic E-state index is 0.236. The quantitative estimate of drug-likeness (QED) is 0.220.